The number of amides is 1. The van der Waals surface area contributed by atoms with Crippen LogP contribution in [0.4, 0.5) is 19.5 Å². The molecule has 2 saturated heterocycles. The van der Waals surface area contributed by atoms with Crippen LogP contribution in [0.2, 0.25) is 5.02 Å². The van der Waals surface area contributed by atoms with E-state index in [2.05, 4.69) is 10.1 Å². The highest BCUT2D eigenvalue weighted by Crippen LogP contribution is 2.36. The Morgan fingerprint density at radius 1 is 1.21 bits per heavy atom. The van der Waals surface area contributed by atoms with Gasteiger partial charge in [0, 0.05) is 41.7 Å². The first kappa shape index (κ1) is 25.1. The number of piperidine rings is 1. The quantitative estimate of drug-likeness (QED) is 0.376. The summed E-state index contributed by atoms with van der Waals surface area (Å²) in [6, 6.07) is 10.1. The normalized spacial score (nSPS) is 19.0. The first-order chi connectivity index (χ1) is 18.8. The highest BCUT2D eigenvalue weighted by Gasteiger charge is 2.39. The van der Waals surface area contributed by atoms with Crippen LogP contribution in [0.15, 0.2) is 53.6 Å². The Balaban J connectivity index is 1.41. The van der Waals surface area contributed by atoms with Gasteiger partial charge < -0.3 is 20.1 Å². The van der Waals surface area contributed by atoms with Crippen molar-refractivity contribution in [2.75, 3.05) is 18.9 Å². The van der Waals surface area contributed by atoms with E-state index < -0.39 is 6.55 Å². The highest BCUT2D eigenvalue weighted by molar-refractivity contribution is 6.30. The van der Waals surface area contributed by atoms with Crippen molar-refractivity contribution in [3.8, 4) is 16.9 Å². The van der Waals surface area contributed by atoms with E-state index in [4.69, 9.17) is 26.8 Å². The molecule has 2 fully saturated rings. The number of anilines is 1. The number of cyclic esters (lactones) is 1. The molecule has 2 aliphatic rings. The monoisotopic (exact) mass is 556 g/mol. The van der Waals surface area contributed by atoms with Gasteiger partial charge >= 0.3 is 12.6 Å². The fraction of sp³-hybridized carbons (Fsp3) is 0.308. The second-order valence-electron chi connectivity index (χ2n) is 9.53. The van der Waals surface area contributed by atoms with Gasteiger partial charge in [-0.05, 0) is 29.8 Å². The molecule has 2 aromatic carbocycles. The topological polar surface area (TPSA) is 118 Å². The second kappa shape index (κ2) is 9.84. The molecule has 0 unspecified atom stereocenters. The first-order valence-corrected chi connectivity index (χ1v) is 12.7. The van der Waals surface area contributed by atoms with Crippen LogP contribution in [0.3, 0.4) is 0 Å². The van der Waals surface area contributed by atoms with E-state index in [0.29, 0.717) is 51.5 Å². The van der Waals surface area contributed by atoms with Gasteiger partial charge in [-0.25, -0.2) is 14.5 Å². The van der Waals surface area contributed by atoms with Crippen LogP contribution in [-0.4, -0.2) is 55.6 Å². The van der Waals surface area contributed by atoms with Crippen molar-refractivity contribution in [1.29, 1.82) is 0 Å². The van der Waals surface area contributed by atoms with Gasteiger partial charge in [0.05, 0.1) is 29.7 Å². The number of halogens is 3. The summed E-state index contributed by atoms with van der Waals surface area (Å²) in [6.07, 6.45) is 2.95. The summed E-state index contributed by atoms with van der Waals surface area (Å²) in [7, 11) is 0. The van der Waals surface area contributed by atoms with Gasteiger partial charge in [0.1, 0.15) is 18.5 Å². The highest BCUT2D eigenvalue weighted by atomic mass is 35.5. The number of hydrogen-bond acceptors (Lipinski definition) is 7. The lowest BCUT2D eigenvalue weighted by molar-refractivity contribution is 0.0566. The molecule has 4 heterocycles. The summed E-state index contributed by atoms with van der Waals surface area (Å²) >= 11 is 5.98. The summed E-state index contributed by atoms with van der Waals surface area (Å²) in [5.74, 6) is 0.324. The minimum atomic E-state index is -2.82. The van der Waals surface area contributed by atoms with Crippen molar-refractivity contribution < 1.29 is 23.0 Å². The number of carbonyl (C=O) groups excluding carboxylic acids is 1. The number of nitrogens with zero attached hydrogens (tertiary/aromatic N) is 5. The maximum atomic E-state index is 13.6. The van der Waals surface area contributed by atoms with Gasteiger partial charge in [-0.3, -0.25) is 9.36 Å². The van der Waals surface area contributed by atoms with E-state index in [1.165, 1.54) is 17.0 Å². The number of benzene rings is 2. The molecule has 0 saturated carbocycles. The molecule has 13 heteroatoms. The lowest BCUT2D eigenvalue weighted by atomic mass is 10.0. The lowest BCUT2D eigenvalue weighted by Gasteiger charge is -2.33. The molecule has 1 amide bonds. The Morgan fingerprint density at radius 3 is 2.74 bits per heavy atom. The van der Waals surface area contributed by atoms with E-state index in [0.717, 1.165) is 5.56 Å². The Morgan fingerprint density at radius 2 is 2.00 bits per heavy atom. The van der Waals surface area contributed by atoms with Crippen LogP contribution in [-0.2, 0) is 11.3 Å². The fourth-order valence-electron chi connectivity index (χ4n) is 5.05. The number of rotatable bonds is 6. The largest absolute Gasteiger partial charge is 0.490 e. The van der Waals surface area contributed by atoms with Gasteiger partial charge in [-0.1, -0.05) is 23.7 Å². The summed E-state index contributed by atoms with van der Waals surface area (Å²) in [4.78, 5) is 31.6. The van der Waals surface area contributed by atoms with Gasteiger partial charge in [-0.15, -0.1) is 0 Å². The SMILES string of the molecule is Nc1nc2cc(-c3cnn(C(F)F)c3)c(O[C@H]3CCN4C(=O)OC[C@@H]4C3)cc2c(=O)n1Cc1ccc(Cl)cc1. The summed E-state index contributed by atoms with van der Waals surface area (Å²) in [6.45, 7) is -1.89. The number of nitrogen functional groups attached to an aromatic ring is 1. The maximum absolute atomic E-state index is 13.6. The zero-order valence-corrected chi connectivity index (χ0v) is 21.2. The van der Waals surface area contributed by atoms with Gasteiger partial charge in [-0.2, -0.15) is 13.9 Å². The number of carbonyl (C=O) groups is 1. The van der Waals surface area contributed by atoms with Crippen molar-refractivity contribution in [3.05, 3.63) is 69.7 Å². The third-order valence-electron chi connectivity index (χ3n) is 7.05. The van der Waals surface area contributed by atoms with Gasteiger partial charge in [0.2, 0.25) is 5.95 Å². The van der Waals surface area contributed by atoms with Gasteiger partial charge in [0.25, 0.3) is 5.56 Å². The van der Waals surface area contributed by atoms with Crippen LogP contribution in [0.5, 0.6) is 5.75 Å². The summed E-state index contributed by atoms with van der Waals surface area (Å²) < 4.78 is 40.0. The van der Waals surface area contributed by atoms with E-state index in [1.54, 1.807) is 41.3 Å². The number of fused-ring (bicyclic) bond motifs is 2. The van der Waals surface area contributed by atoms with Crippen molar-refractivity contribution in [2.24, 2.45) is 0 Å². The molecule has 0 spiro atoms. The fourth-order valence-corrected chi connectivity index (χ4v) is 5.17. The average molecular weight is 557 g/mol. The van der Waals surface area contributed by atoms with Crippen molar-refractivity contribution in [3.63, 3.8) is 0 Å². The van der Waals surface area contributed by atoms with Crippen LogP contribution < -0.4 is 16.0 Å². The molecule has 2 aliphatic heterocycles. The van der Waals surface area contributed by atoms with Crippen molar-refractivity contribution in [2.45, 2.75) is 38.1 Å². The number of hydrogen-bond donors (Lipinski definition) is 1. The molecule has 2 atom stereocenters. The minimum Gasteiger partial charge on any atom is -0.490 e. The molecule has 2 aromatic heterocycles. The predicted molar refractivity (Wildman–Crippen MR) is 139 cm³/mol. The van der Waals surface area contributed by atoms with Gasteiger partial charge in [0.15, 0.2) is 0 Å². The number of aromatic nitrogens is 4. The molecule has 0 aliphatic carbocycles. The molecule has 6 rings (SSSR count). The van der Waals surface area contributed by atoms with Crippen LogP contribution in [0.25, 0.3) is 22.0 Å². The van der Waals surface area contributed by atoms with Crippen molar-refractivity contribution in [1.82, 2.24) is 24.2 Å². The van der Waals surface area contributed by atoms with E-state index in [9.17, 15) is 18.4 Å². The average Bonchev–Trinajstić information content (AvgIpc) is 3.55. The molecule has 2 N–H and O–H groups in total. The Kier molecular flexibility index (Phi) is 6.34. The molecule has 0 bridgehead atoms. The molecule has 202 valence electrons. The van der Waals surface area contributed by atoms with Crippen LogP contribution in [0.1, 0.15) is 25.0 Å². The number of nitrogens with two attached hydrogens (primary N) is 1. The molecular weight excluding hydrogens is 534 g/mol. The third kappa shape index (κ3) is 4.76. The smallest absolute Gasteiger partial charge is 0.410 e. The summed E-state index contributed by atoms with van der Waals surface area (Å²) in [5.41, 5.74) is 7.72. The zero-order valence-electron chi connectivity index (χ0n) is 20.5. The molecule has 39 heavy (non-hydrogen) atoms. The van der Waals surface area contributed by atoms with E-state index in [1.807, 2.05) is 0 Å². The van der Waals surface area contributed by atoms with E-state index in [-0.39, 0.29) is 48.3 Å². The Hall–Kier alpha value is -4.19. The molecule has 0 radical (unpaired) electrons. The van der Waals surface area contributed by atoms with E-state index >= 15 is 0 Å². The predicted octanol–water partition coefficient (Wildman–Crippen LogP) is 4.30. The minimum absolute atomic E-state index is 0.00335. The maximum Gasteiger partial charge on any atom is 0.410 e. The second-order valence-corrected chi connectivity index (χ2v) is 9.96. The molecule has 4 aromatic rings. The standard InChI is InChI=1S/C26H23ClF2N6O4/c27-16-3-1-14(2-4-16)11-34-23(36)20-9-22(39-18-5-6-33-17(7-18)13-38-26(33)37)19(8-21(20)32-25(34)30)15-10-31-35(12-15)24(28)29/h1-4,8-10,12,17-18,24H,5-7,11,13H2,(H2,30,32)/t17-,18-/m0/s1. The zero-order chi connectivity index (χ0) is 27.3. The third-order valence-corrected chi connectivity index (χ3v) is 7.30. The molecular formula is C26H23ClF2N6O4. The van der Waals surface area contributed by atoms with Crippen LogP contribution in [0, 0.1) is 0 Å². The number of ether oxygens (including phenoxy) is 2. The lowest BCUT2D eigenvalue weighted by Crippen LogP contribution is -2.44. The number of alkyl halides is 2. The molecule has 10 nitrogen and oxygen atoms in total. The Bertz CT molecular complexity index is 1620. The first-order valence-electron chi connectivity index (χ1n) is 12.3. The van der Waals surface area contributed by atoms with Crippen molar-refractivity contribution >= 4 is 34.5 Å². The van der Waals surface area contributed by atoms with Crippen LogP contribution >= 0.6 is 11.6 Å². The summed E-state index contributed by atoms with van der Waals surface area (Å²) in [5, 5.41) is 4.57. The Labute approximate surface area is 225 Å².